The van der Waals surface area contributed by atoms with E-state index in [1.54, 1.807) is 23.2 Å². The second-order valence-corrected chi connectivity index (χ2v) is 9.04. The van der Waals surface area contributed by atoms with Crippen molar-refractivity contribution in [3.8, 4) is 0 Å². The van der Waals surface area contributed by atoms with Crippen LogP contribution in [0.5, 0.6) is 0 Å². The molecule has 0 aliphatic carbocycles. The molecule has 4 rings (SSSR count). The van der Waals surface area contributed by atoms with E-state index in [0.717, 1.165) is 10.2 Å². The molecular formula is C20H15BrN4O2S2. The number of thioether (sulfide) groups is 1. The summed E-state index contributed by atoms with van der Waals surface area (Å²) < 4.78 is 0.929. The fraction of sp³-hybridized carbons (Fsp3) is 0.100. The summed E-state index contributed by atoms with van der Waals surface area (Å²) >= 11 is 6.05. The Morgan fingerprint density at radius 2 is 1.93 bits per heavy atom. The molecule has 6 nitrogen and oxygen atoms in total. The maximum absolute atomic E-state index is 13.1. The Balaban J connectivity index is 1.54. The van der Waals surface area contributed by atoms with Gasteiger partial charge in [0, 0.05) is 28.2 Å². The van der Waals surface area contributed by atoms with E-state index in [1.807, 2.05) is 47.8 Å². The molecule has 9 heteroatoms. The number of amidine groups is 1. The first-order chi connectivity index (χ1) is 14.1. The highest BCUT2D eigenvalue weighted by atomic mass is 79.9. The van der Waals surface area contributed by atoms with Crippen LogP contribution in [0.4, 0.5) is 16.5 Å². The first kappa shape index (κ1) is 19.8. The highest BCUT2D eigenvalue weighted by Gasteiger charge is 2.40. The molecule has 1 fully saturated rings. The number of aromatic nitrogens is 1. The van der Waals surface area contributed by atoms with Crippen molar-refractivity contribution in [2.45, 2.75) is 11.7 Å². The zero-order valence-electron chi connectivity index (χ0n) is 15.0. The van der Waals surface area contributed by atoms with Crippen LogP contribution in [0.2, 0.25) is 0 Å². The van der Waals surface area contributed by atoms with Crippen molar-refractivity contribution in [2.75, 3.05) is 10.2 Å². The number of hydrogen-bond donors (Lipinski definition) is 1. The summed E-state index contributed by atoms with van der Waals surface area (Å²) in [6.45, 7) is 0. The Bertz CT molecular complexity index is 1040. The Hall–Kier alpha value is -2.49. The Morgan fingerprint density at radius 3 is 2.62 bits per heavy atom. The van der Waals surface area contributed by atoms with Gasteiger partial charge < -0.3 is 5.32 Å². The minimum absolute atomic E-state index is 0.0553. The molecule has 0 bridgehead atoms. The van der Waals surface area contributed by atoms with Crippen molar-refractivity contribution in [1.82, 2.24) is 4.98 Å². The molecule has 1 aromatic heterocycles. The Labute approximate surface area is 184 Å². The van der Waals surface area contributed by atoms with Gasteiger partial charge >= 0.3 is 0 Å². The number of nitrogens with zero attached hydrogens (tertiary/aromatic N) is 3. The molecule has 2 heterocycles. The fourth-order valence-electron chi connectivity index (χ4n) is 2.76. The molecule has 0 radical (unpaired) electrons. The number of carbonyl (C=O) groups excluding carboxylic acids is 2. The van der Waals surface area contributed by atoms with Crippen LogP contribution >= 0.6 is 39.0 Å². The number of benzene rings is 2. The fourth-order valence-corrected chi connectivity index (χ4v) is 4.72. The molecular weight excluding hydrogens is 472 g/mol. The smallest absolute Gasteiger partial charge is 0.247 e. The zero-order valence-corrected chi connectivity index (χ0v) is 18.2. The van der Waals surface area contributed by atoms with Crippen molar-refractivity contribution in [3.05, 3.63) is 70.6 Å². The van der Waals surface area contributed by atoms with E-state index in [2.05, 4.69) is 31.2 Å². The molecule has 146 valence electrons. The summed E-state index contributed by atoms with van der Waals surface area (Å²) in [6, 6.07) is 16.6. The number of carbonyl (C=O) groups is 2. The van der Waals surface area contributed by atoms with Crippen molar-refractivity contribution < 1.29 is 9.59 Å². The molecule has 0 spiro atoms. The maximum atomic E-state index is 13.1. The molecule has 1 saturated heterocycles. The number of anilines is 2. The average Bonchev–Trinajstić information content (AvgIpc) is 3.33. The standard InChI is InChI=1S/C20H15BrN4O2S2/c21-13-6-8-14(9-7-13)23-17(26)12-16-18(27)25(15-4-2-1-3-5-15)20(29-16)24-19-22-10-11-28-19/h1-11,16H,12H2,(H,23,26)/b24-20+. The highest BCUT2D eigenvalue weighted by Crippen LogP contribution is 2.35. The normalized spacial score (nSPS) is 17.7. The Morgan fingerprint density at radius 1 is 1.17 bits per heavy atom. The highest BCUT2D eigenvalue weighted by molar-refractivity contribution is 9.10. The van der Waals surface area contributed by atoms with Gasteiger partial charge in [-0.05, 0) is 36.4 Å². The van der Waals surface area contributed by atoms with Crippen molar-refractivity contribution in [1.29, 1.82) is 0 Å². The lowest BCUT2D eigenvalue weighted by molar-refractivity contribution is -0.121. The first-order valence-electron chi connectivity index (χ1n) is 8.69. The molecule has 2 aromatic carbocycles. The molecule has 29 heavy (non-hydrogen) atoms. The molecule has 1 aliphatic heterocycles. The van der Waals surface area contributed by atoms with Gasteiger partial charge in [-0.2, -0.15) is 4.99 Å². The number of amides is 2. The summed E-state index contributed by atoms with van der Waals surface area (Å²) in [4.78, 5) is 35.9. The van der Waals surface area contributed by atoms with Gasteiger partial charge in [-0.3, -0.25) is 14.5 Å². The van der Waals surface area contributed by atoms with Gasteiger partial charge in [-0.25, -0.2) is 4.98 Å². The van der Waals surface area contributed by atoms with Crippen LogP contribution in [0.25, 0.3) is 0 Å². The van der Waals surface area contributed by atoms with Gasteiger partial charge in [0.1, 0.15) is 5.25 Å². The third kappa shape index (κ3) is 4.75. The average molecular weight is 487 g/mol. The molecule has 2 amide bonds. The number of rotatable bonds is 5. The number of hydrogen-bond acceptors (Lipinski definition) is 6. The lowest BCUT2D eigenvalue weighted by Crippen LogP contribution is -2.33. The topological polar surface area (TPSA) is 74.7 Å². The number of thiazole rings is 1. The van der Waals surface area contributed by atoms with E-state index < -0.39 is 5.25 Å². The van der Waals surface area contributed by atoms with Gasteiger partial charge in [0.25, 0.3) is 0 Å². The minimum atomic E-state index is -0.552. The lowest BCUT2D eigenvalue weighted by Gasteiger charge is -2.16. The minimum Gasteiger partial charge on any atom is -0.326 e. The SMILES string of the molecule is O=C(CC1S/C(=N/c2nccs2)N(c2ccccc2)C1=O)Nc1ccc(Br)cc1. The van der Waals surface area contributed by atoms with Crippen LogP contribution in [0, 0.1) is 0 Å². The van der Waals surface area contributed by atoms with Gasteiger partial charge in [0.05, 0.1) is 5.69 Å². The molecule has 1 atom stereocenters. The van der Waals surface area contributed by atoms with Crippen LogP contribution in [-0.2, 0) is 9.59 Å². The number of nitrogens with one attached hydrogen (secondary N) is 1. The van der Waals surface area contributed by atoms with Crippen molar-refractivity contribution in [2.24, 2.45) is 4.99 Å². The van der Waals surface area contributed by atoms with Gasteiger partial charge in [-0.1, -0.05) is 45.9 Å². The third-order valence-electron chi connectivity index (χ3n) is 4.06. The summed E-state index contributed by atoms with van der Waals surface area (Å²) in [6.07, 6.45) is 1.72. The lowest BCUT2D eigenvalue weighted by atomic mass is 10.2. The van der Waals surface area contributed by atoms with Crippen LogP contribution in [-0.4, -0.2) is 27.2 Å². The Kier molecular flexibility index (Phi) is 6.08. The monoisotopic (exact) mass is 486 g/mol. The predicted molar refractivity (Wildman–Crippen MR) is 122 cm³/mol. The van der Waals surface area contributed by atoms with Crippen molar-refractivity contribution in [3.63, 3.8) is 0 Å². The van der Waals surface area contributed by atoms with E-state index in [-0.39, 0.29) is 18.2 Å². The van der Waals surface area contributed by atoms with E-state index in [0.29, 0.717) is 16.0 Å². The number of aliphatic imine (C=N–C) groups is 1. The first-order valence-corrected chi connectivity index (χ1v) is 11.2. The van der Waals surface area contributed by atoms with E-state index in [9.17, 15) is 9.59 Å². The van der Waals surface area contributed by atoms with Gasteiger partial charge in [-0.15, -0.1) is 11.3 Å². The van der Waals surface area contributed by atoms with Crippen LogP contribution < -0.4 is 10.2 Å². The molecule has 3 aromatic rings. The molecule has 1 N–H and O–H groups in total. The summed E-state index contributed by atoms with van der Waals surface area (Å²) in [5, 5.41) is 5.21. The predicted octanol–water partition coefficient (Wildman–Crippen LogP) is 5.07. The largest absolute Gasteiger partial charge is 0.326 e. The van der Waals surface area contributed by atoms with Crippen molar-refractivity contribution >= 4 is 72.5 Å². The quantitative estimate of drug-likeness (QED) is 0.546. The molecule has 1 unspecified atom stereocenters. The van der Waals surface area contributed by atoms with Crippen LogP contribution in [0.3, 0.4) is 0 Å². The zero-order chi connectivity index (χ0) is 20.2. The van der Waals surface area contributed by atoms with Gasteiger partial charge in [0.2, 0.25) is 16.9 Å². The third-order valence-corrected chi connectivity index (χ3v) is 6.39. The second-order valence-electron chi connectivity index (χ2n) is 6.08. The van der Waals surface area contributed by atoms with Crippen LogP contribution in [0.1, 0.15) is 6.42 Å². The molecule has 0 saturated carbocycles. The molecule has 1 aliphatic rings. The summed E-state index contributed by atoms with van der Waals surface area (Å²) in [5.74, 6) is -0.385. The van der Waals surface area contributed by atoms with E-state index >= 15 is 0 Å². The second kappa shape index (κ2) is 8.89. The number of halogens is 1. The maximum Gasteiger partial charge on any atom is 0.247 e. The summed E-state index contributed by atoms with van der Waals surface area (Å²) in [5.41, 5.74) is 1.40. The van der Waals surface area contributed by atoms with E-state index in [4.69, 9.17) is 0 Å². The summed E-state index contributed by atoms with van der Waals surface area (Å²) in [7, 11) is 0. The van der Waals surface area contributed by atoms with Crippen LogP contribution in [0.15, 0.2) is 75.6 Å². The van der Waals surface area contributed by atoms with E-state index in [1.165, 1.54) is 23.1 Å². The van der Waals surface area contributed by atoms with Gasteiger partial charge in [0.15, 0.2) is 5.17 Å². The number of para-hydroxylation sites is 1.